The summed E-state index contributed by atoms with van der Waals surface area (Å²) >= 11 is 1.49. The highest BCUT2D eigenvalue weighted by atomic mass is 32.1. The molecule has 0 unspecified atom stereocenters. The molecule has 5 nitrogen and oxygen atoms in total. The van der Waals surface area contributed by atoms with Crippen molar-refractivity contribution in [2.24, 2.45) is 5.73 Å². The van der Waals surface area contributed by atoms with Gasteiger partial charge in [-0.2, -0.15) is 0 Å². The van der Waals surface area contributed by atoms with E-state index < -0.39 is 5.54 Å². The van der Waals surface area contributed by atoms with Gasteiger partial charge in [0.25, 0.3) is 0 Å². The highest BCUT2D eigenvalue weighted by Crippen LogP contribution is 2.30. The minimum atomic E-state index is -1.04. The van der Waals surface area contributed by atoms with E-state index >= 15 is 0 Å². The molecule has 0 aliphatic rings. The first-order valence-corrected chi connectivity index (χ1v) is 10.7. The van der Waals surface area contributed by atoms with Crippen molar-refractivity contribution >= 4 is 31.5 Å². The van der Waals surface area contributed by atoms with Crippen LogP contribution in [0.2, 0.25) is 0 Å². The molecule has 0 fully saturated rings. The monoisotopic (exact) mass is 439 g/mol. The first kappa shape index (κ1) is 21.4. The second-order valence-electron chi connectivity index (χ2n) is 7.65. The van der Waals surface area contributed by atoms with Crippen molar-refractivity contribution in [2.45, 2.75) is 18.4 Å². The fraction of sp³-hybridized carbons (Fsp3) is 0.208. The number of aliphatic hydroxyl groups is 2. The highest BCUT2D eigenvalue weighted by molar-refractivity contribution is 7.24. The molecule has 7 heteroatoms. The summed E-state index contributed by atoms with van der Waals surface area (Å²) in [5.41, 5.74) is 5.76. The SMILES string of the molecule is NC(CO)(CO)CCc1ccc2sc3cc(Oc4ccc(F)cc4)ccc3c(=O)c2c1. The molecule has 1 aromatic heterocycles. The third-order valence-corrected chi connectivity index (χ3v) is 6.43. The van der Waals surface area contributed by atoms with Gasteiger partial charge in [0.1, 0.15) is 17.3 Å². The molecule has 0 radical (unpaired) electrons. The molecule has 4 N–H and O–H groups in total. The Morgan fingerprint density at radius 3 is 2.32 bits per heavy atom. The number of aryl methyl sites for hydroxylation is 1. The lowest BCUT2D eigenvalue weighted by atomic mass is 9.93. The molecule has 0 aliphatic carbocycles. The Kier molecular flexibility index (Phi) is 6.02. The number of hydrogen-bond donors (Lipinski definition) is 3. The topological polar surface area (TPSA) is 92.8 Å². The van der Waals surface area contributed by atoms with E-state index in [0.29, 0.717) is 35.1 Å². The number of ether oxygens (including phenoxy) is 1. The fourth-order valence-electron chi connectivity index (χ4n) is 3.34. The Morgan fingerprint density at radius 2 is 1.61 bits per heavy atom. The van der Waals surface area contributed by atoms with Gasteiger partial charge in [0.15, 0.2) is 5.43 Å². The maximum absolute atomic E-state index is 13.1. The molecule has 0 saturated heterocycles. The summed E-state index contributed by atoms with van der Waals surface area (Å²) in [5, 5.41) is 20.0. The third-order valence-electron chi connectivity index (χ3n) is 5.30. The largest absolute Gasteiger partial charge is 0.457 e. The number of nitrogens with two attached hydrogens (primary N) is 1. The van der Waals surface area contributed by atoms with E-state index in [1.807, 2.05) is 24.3 Å². The van der Waals surface area contributed by atoms with Gasteiger partial charge in [-0.1, -0.05) is 6.07 Å². The van der Waals surface area contributed by atoms with Gasteiger partial charge in [0.05, 0.1) is 18.8 Å². The molecule has 0 atom stereocenters. The fourth-order valence-corrected chi connectivity index (χ4v) is 4.42. The summed E-state index contributed by atoms with van der Waals surface area (Å²) in [5.74, 6) is 0.748. The number of benzene rings is 3. The van der Waals surface area contributed by atoms with Crippen LogP contribution < -0.4 is 15.9 Å². The first-order valence-electron chi connectivity index (χ1n) is 9.84. The van der Waals surface area contributed by atoms with E-state index in [1.165, 1.54) is 23.5 Å². The van der Waals surface area contributed by atoms with E-state index in [1.54, 1.807) is 24.3 Å². The molecule has 1 heterocycles. The lowest BCUT2D eigenvalue weighted by molar-refractivity contribution is 0.115. The molecular weight excluding hydrogens is 417 g/mol. The lowest BCUT2D eigenvalue weighted by Crippen LogP contribution is -2.47. The first-order chi connectivity index (χ1) is 14.9. The van der Waals surface area contributed by atoms with Crippen LogP contribution in [0.5, 0.6) is 11.5 Å². The Bertz CT molecular complexity index is 1280. The minimum absolute atomic E-state index is 0.0674. The van der Waals surface area contributed by atoms with Crippen LogP contribution in [0.3, 0.4) is 0 Å². The molecule has 0 amide bonds. The summed E-state index contributed by atoms with van der Waals surface area (Å²) in [6.07, 6.45) is 0.945. The molecule has 0 bridgehead atoms. The van der Waals surface area contributed by atoms with E-state index in [-0.39, 0.29) is 24.5 Å². The Hall–Kier alpha value is -2.84. The van der Waals surface area contributed by atoms with Gasteiger partial charge < -0.3 is 20.7 Å². The Morgan fingerprint density at radius 1 is 0.903 bits per heavy atom. The van der Waals surface area contributed by atoms with Crippen molar-refractivity contribution in [2.75, 3.05) is 13.2 Å². The molecule has 3 aromatic carbocycles. The quantitative estimate of drug-likeness (QED) is 0.379. The third kappa shape index (κ3) is 4.60. The predicted molar refractivity (Wildman–Crippen MR) is 121 cm³/mol. The highest BCUT2D eigenvalue weighted by Gasteiger charge is 2.22. The van der Waals surface area contributed by atoms with Gasteiger partial charge in [0.2, 0.25) is 0 Å². The summed E-state index contributed by atoms with van der Waals surface area (Å²) in [7, 11) is 0. The summed E-state index contributed by atoms with van der Waals surface area (Å²) in [6, 6.07) is 16.7. The standard InChI is InChI=1S/C24H22FNO4S/c25-16-2-4-17(5-3-16)30-18-6-7-19-22(12-18)31-21-8-1-15(11-20(21)23(19)29)9-10-24(26,13-27)14-28/h1-8,11-12,27-28H,9-10,13-14,26H2. The van der Waals surface area contributed by atoms with Crippen molar-refractivity contribution in [3.05, 3.63) is 82.3 Å². The average molecular weight is 440 g/mol. The summed E-state index contributed by atoms with van der Waals surface area (Å²) in [4.78, 5) is 13.1. The van der Waals surface area contributed by atoms with Gasteiger partial charge >= 0.3 is 0 Å². The minimum Gasteiger partial charge on any atom is -0.457 e. The summed E-state index contributed by atoms with van der Waals surface area (Å²) in [6.45, 7) is -0.613. The van der Waals surface area contributed by atoms with Crippen LogP contribution in [0.1, 0.15) is 12.0 Å². The Balaban J connectivity index is 1.65. The molecule has 0 saturated carbocycles. The normalized spacial score (nSPS) is 11.9. The number of halogens is 1. The van der Waals surface area contributed by atoms with Crippen molar-refractivity contribution in [3.63, 3.8) is 0 Å². The zero-order chi connectivity index (χ0) is 22.0. The molecule has 4 aromatic rings. The van der Waals surface area contributed by atoms with E-state index in [4.69, 9.17) is 10.5 Å². The van der Waals surface area contributed by atoms with Crippen LogP contribution >= 0.6 is 11.3 Å². The van der Waals surface area contributed by atoms with Gasteiger partial charge in [-0.15, -0.1) is 11.3 Å². The van der Waals surface area contributed by atoms with E-state index in [2.05, 4.69) is 0 Å². The van der Waals surface area contributed by atoms with Gasteiger partial charge in [0, 0.05) is 20.2 Å². The molecule has 4 rings (SSSR count). The molecule has 0 aliphatic heterocycles. The zero-order valence-electron chi connectivity index (χ0n) is 16.7. The number of aliphatic hydroxyl groups excluding tert-OH is 2. The zero-order valence-corrected chi connectivity index (χ0v) is 17.5. The van der Waals surface area contributed by atoms with E-state index in [0.717, 1.165) is 15.0 Å². The van der Waals surface area contributed by atoms with Crippen molar-refractivity contribution in [3.8, 4) is 11.5 Å². The predicted octanol–water partition coefficient (Wildman–Crippen LogP) is 3.96. The van der Waals surface area contributed by atoms with Crippen LogP contribution in [0.4, 0.5) is 4.39 Å². The number of rotatable bonds is 7. The van der Waals surface area contributed by atoms with Crippen LogP contribution in [0, 0.1) is 5.82 Å². The average Bonchev–Trinajstić information content (AvgIpc) is 2.79. The maximum Gasteiger partial charge on any atom is 0.195 e. The lowest BCUT2D eigenvalue weighted by Gasteiger charge is -2.24. The van der Waals surface area contributed by atoms with Crippen LogP contribution in [0.15, 0.2) is 65.5 Å². The Labute approximate surface area is 182 Å². The summed E-state index contributed by atoms with van der Waals surface area (Å²) < 4.78 is 20.5. The van der Waals surface area contributed by atoms with E-state index in [9.17, 15) is 19.4 Å². The van der Waals surface area contributed by atoms with Crippen molar-refractivity contribution < 1.29 is 19.3 Å². The van der Waals surface area contributed by atoms with Crippen molar-refractivity contribution in [1.82, 2.24) is 0 Å². The molecule has 160 valence electrons. The second-order valence-corrected chi connectivity index (χ2v) is 8.74. The van der Waals surface area contributed by atoms with Gasteiger partial charge in [-0.25, -0.2) is 4.39 Å². The van der Waals surface area contributed by atoms with Crippen LogP contribution in [-0.4, -0.2) is 29.0 Å². The maximum atomic E-state index is 13.1. The molecule has 31 heavy (non-hydrogen) atoms. The van der Waals surface area contributed by atoms with Crippen LogP contribution in [-0.2, 0) is 6.42 Å². The van der Waals surface area contributed by atoms with Crippen LogP contribution in [0.25, 0.3) is 20.2 Å². The van der Waals surface area contributed by atoms with Gasteiger partial charge in [-0.05, 0) is 73.0 Å². The van der Waals surface area contributed by atoms with Crippen molar-refractivity contribution in [1.29, 1.82) is 0 Å². The molecule has 0 spiro atoms. The second kappa shape index (κ2) is 8.72. The van der Waals surface area contributed by atoms with Gasteiger partial charge in [-0.3, -0.25) is 4.79 Å². The smallest absolute Gasteiger partial charge is 0.195 e. The number of hydrogen-bond acceptors (Lipinski definition) is 6. The number of fused-ring (bicyclic) bond motifs is 2. The molecular formula is C24H22FNO4S.